The summed E-state index contributed by atoms with van der Waals surface area (Å²) in [6.07, 6.45) is 4.36. The normalized spacial score (nSPS) is 9.68. The van der Waals surface area contributed by atoms with Gasteiger partial charge < -0.3 is 10.6 Å². The average Bonchev–Trinajstić information content (AvgIpc) is 2.45. The van der Waals surface area contributed by atoms with Crippen LogP contribution in [0.25, 0.3) is 0 Å². The zero-order valence-electron chi connectivity index (χ0n) is 11.0. The van der Waals surface area contributed by atoms with Crippen LogP contribution in [-0.4, -0.2) is 24.9 Å². The second-order valence-electron chi connectivity index (χ2n) is 4.20. The third kappa shape index (κ3) is 6.41. The number of hydrogen-bond acceptors (Lipinski definition) is 2. The Bertz CT molecular complexity index is 415. The Kier molecular flexibility index (Phi) is 7.02. The molecular formula is C15H20N2O2. The maximum Gasteiger partial charge on any atom is 0.309 e. The van der Waals surface area contributed by atoms with Crippen LogP contribution in [0.3, 0.4) is 0 Å². The largest absolute Gasteiger partial charge is 0.348 e. The number of rotatable bonds is 7. The molecule has 0 aliphatic carbocycles. The molecule has 0 aliphatic heterocycles. The van der Waals surface area contributed by atoms with Crippen LogP contribution in [0, 0.1) is 0 Å². The molecule has 2 amide bonds. The lowest BCUT2D eigenvalue weighted by Gasteiger charge is -2.05. The maximum atomic E-state index is 11.3. The Morgan fingerprint density at radius 3 is 2.42 bits per heavy atom. The maximum absolute atomic E-state index is 11.3. The van der Waals surface area contributed by atoms with Gasteiger partial charge in [0.05, 0.1) is 0 Å². The van der Waals surface area contributed by atoms with Crippen LogP contribution in [0.2, 0.25) is 0 Å². The van der Waals surface area contributed by atoms with E-state index in [0.29, 0.717) is 13.1 Å². The van der Waals surface area contributed by atoms with Gasteiger partial charge in [0.1, 0.15) is 0 Å². The number of amides is 2. The minimum atomic E-state index is -0.608. The highest BCUT2D eigenvalue weighted by atomic mass is 16.2. The van der Waals surface area contributed by atoms with Crippen molar-refractivity contribution >= 4 is 11.8 Å². The molecule has 0 fully saturated rings. The van der Waals surface area contributed by atoms with Crippen molar-refractivity contribution < 1.29 is 9.59 Å². The summed E-state index contributed by atoms with van der Waals surface area (Å²) in [6.45, 7) is 4.29. The molecule has 4 heteroatoms. The molecule has 1 rings (SSSR count). The molecule has 102 valence electrons. The minimum Gasteiger partial charge on any atom is -0.348 e. The lowest BCUT2D eigenvalue weighted by molar-refractivity contribution is -0.139. The van der Waals surface area contributed by atoms with Gasteiger partial charge in [-0.1, -0.05) is 36.4 Å². The number of carbonyl (C=O) groups is 2. The Hall–Kier alpha value is -2.10. The molecule has 0 unspecified atom stereocenters. The first-order chi connectivity index (χ1) is 9.24. The summed E-state index contributed by atoms with van der Waals surface area (Å²) in [5.74, 6) is -1.19. The van der Waals surface area contributed by atoms with Crippen molar-refractivity contribution in [2.24, 2.45) is 0 Å². The second kappa shape index (κ2) is 8.91. The first-order valence-corrected chi connectivity index (χ1v) is 6.45. The molecule has 0 heterocycles. The van der Waals surface area contributed by atoms with E-state index in [4.69, 9.17) is 0 Å². The summed E-state index contributed by atoms with van der Waals surface area (Å²) >= 11 is 0. The van der Waals surface area contributed by atoms with Gasteiger partial charge in [0.25, 0.3) is 0 Å². The zero-order chi connectivity index (χ0) is 13.9. The van der Waals surface area contributed by atoms with Gasteiger partial charge in [-0.25, -0.2) is 0 Å². The van der Waals surface area contributed by atoms with E-state index in [9.17, 15) is 9.59 Å². The fourth-order valence-corrected chi connectivity index (χ4v) is 1.63. The SMILES string of the molecule is C=CCNC(=O)C(=O)NCCCCc1ccccc1. The molecule has 0 radical (unpaired) electrons. The van der Waals surface area contributed by atoms with Gasteiger partial charge in [0.15, 0.2) is 0 Å². The Morgan fingerprint density at radius 2 is 1.74 bits per heavy atom. The van der Waals surface area contributed by atoms with Crippen molar-refractivity contribution in [1.29, 1.82) is 0 Å². The second-order valence-corrected chi connectivity index (χ2v) is 4.20. The molecule has 4 nitrogen and oxygen atoms in total. The zero-order valence-corrected chi connectivity index (χ0v) is 11.0. The van der Waals surface area contributed by atoms with Gasteiger partial charge in [-0.15, -0.1) is 6.58 Å². The van der Waals surface area contributed by atoms with Crippen LogP contribution >= 0.6 is 0 Å². The lowest BCUT2D eigenvalue weighted by Crippen LogP contribution is -2.40. The predicted octanol–water partition coefficient (Wildman–Crippen LogP) is 1.43. The van der Waals surface area contributed by atoms with E-state index in [1.807, 2.05) is 18.2 Å². The molecule has 1 aromatic rings. The van der Waals surface area contributed by atoms with Crippen molar-refractivity contribution in [3.05, 3.63) is 48.6 Å². The average molecular weight is 260 g/mol. The van der Waals surface area contributed by atoms with Gasteiger partial charge in [-0.2, -0.15) is 0 Å². The van der Waals surface area contributed by atoms with Gasteiger partial charge in [0, 0.05) is 13.1 Å². The topological polar surface area (TPSA) is 58.2 Å². The molecule has 0 aromatic heterocycles. The van der Waals surface area contributed by atoms with Crippen LogP contribution in [-0.2, 0) is 16.0 Å². The van der Waals surface area contributed by atoms with Crippen LogP contribution < -0.4 is 10.6 Å². The number of carbonyl (C=O) groups excluding carboxylic acids is 2. The fourth-order valence-electron chi connectivity index (χ4n) is 1.63. The van der Waals surface area contributed by atoms with Crippen LogP contribution in [0.1, 0.15) is 18.4 Å². The van der Waals surface area contributed by atoms with Crippen molar-refractivity contribution in [2.45, 2.75) is 19.3 Å². The highest BCUT2D eigenvalue weighted by Crippen LogP contribution is 2.03. The third-order valence-electron chi connectivity index (χ3n) is 2.63. The minimum absolute atomic E-state index is 0.306. The molecule has 1 aromatic carbocycles. The van der Waals surface area contributed by atoms with Crippen molar-refractivity contribution in [2.75, 3.05) is 13.1 Å². The number of unbranched alkanes of at least 4 members (excludes halogenated alkanes) is 1. The van der Waals surface area contributed by atoms with E-state index >= 15 is 0 Å². The number of hydrogen-bond donors (Lipinski definition) is 2. The number of benzene rings is 1. The molecule has 0 atom stereocenters. The summed E-state index contributed by atoms with van der Waals surface area (Å²) in [7, 11) is 0. The first-order valence-electron chi connectivity index (χ1n) is 6.45. The molecule has 0 spiro atoms. The molecule has 0 aliphatic rings. The van der Waals surface area contributed by atoms with E-state index in [0.717, 1.165) is 19.3 Å². The highest BCUT2D eigenvalue weighted by Gasteiger charge is 2.10. The van der Waals surface area contributed by atoms with Gasteiger partial charge in [0.2, 0.25) is 0 Å². The van der Waals surface area contributed by atoms with Crippen LogP contribution in [0.5, 0.6) is 0 Å². The summed E-state index contributed by atoms with van der Waals surface area (Å²) in [5, 5.41) is 5.02. The van der Waals surface area contributed by atoms with Crippen molar-refractivity contribution in [3.8, 4) is 0 Å². The van der Waals surface area contributed by atoms with Crippen molar-refractivity contribution in [3.63, 3.8) is 0 Å². The summed E-state index contributed by atoms with van der Waals surface area (Å²) in [6, 6.07) is 10.2. The quantitative estimate of drug-likeness (QED) is 0.442. The number of aryl methyl sites for hydroxylation is 1. The Morgan fingerprint density at radius 1 is 1.05 bits per heavy atom. The Balaban J connectivity index is 2.09. The Labute approximate surface area is 113 Å². The highest BCUT2D eigenvalue weighted by molar-refractivity contribution is 6.35. The molecule has 0 saturated heterocycles. The van der Waals surface area contributed by atoms with Crippen LogP contribution in [0.4, 0.5) is 0 Å². The molecule has 0 saturated carbocycles. The molecular weight excluding hydrogens is 240 g/mol. The van der Waals surface area contributed by atoms with Gasteiger partial charge >= 0.3 is 11.8 Å². The van der Waals surface area contributed by atoms with E-state index in [1.165, 1.54) is 11.6 Å². The number of nitrogens with one attached hydrogen (secondary N) is 2. The van der Waals surface area contributed by atoms with E-state index < -0.39 is 11.8 Å². The van der Waals surface area contributed by atoms with Crippen LogP contribution in [0.15, 0.2) is 43.0 Å². The molecule has 0 bridgehead atoms. The van der Waals surface area contributed by atoms with Gasteiger partial charge in [-0.3, -0.25) is 9.59 Å². The van der Waals surface area contributed by atoms with E-state index in [2.05, 4.69) is 29.3 Å². The van der Waals surface area contributed by atoms with Gasteiger partial charge in [-0.05, 0) is 24.8 Å². The fraction of sp³-hybridized carbons (Fsp3) is 0.333. The summed E-state index contributed by atoms with van der Waals surface area (Å²) in [4.78, 5) is 22.5. The van der Waals surface area contributed by atoms with Crippen molar-refractivity contribution in [1.82, 2.24) is 10.6 Å². The first kappa shape index (κ1) is 15.0. The summed E-state index contributed by atoms with van der Waals surface area (Å²) < 4.78 is 0. The summed E-state index contributed by atoms with van der Waals surface area (Å²) in [5.41, 5.74) is 1.29. The third-order valence-corrected chi connectivity index (χ3v) is 2.63. The molecule has 19 heavy (non-hydrogen) atoms. The monoisotopic (exact) mass is 260 g/mol. The lowest BCUT2D eigenvalue weighted by atomic mass is 10.1. The molecule has 2 N–H and O–H groups in total. The van der Waals surface area contributed by atoms with E-state index in [1.54, 1.807) is 0 Å². The smallest absolute Gasteiger partial charge is 0.309 e. The standard InChI is InChI=1S/C15H20N2O2/c1-2-11-16-14(18)15(19)17-12-7-6-10-13-8-4-3-5-9-13/h2-5,8-9H,1,6-7,10-12H2,(H,16,18)(H,17,19). The van der Waals surface area contributed by atoms with E-state index in [-0.39, 0.29) is 0 Å². The predicted molar refractivity (Wildman–Crippen MR) is 75.6 cm³/mol.